The van der Waals surface area contributed by atoms with Crippen LogP contribution in [0.4, 0.5) is 10.6 Å². The lowest BCUT2D eigenvalue weighted by Crippen LogP contribution is -2.59. The fourth-order valence-electron chi connectivity index (χ4n) is 5.58. The molecule has 11 nitrogen and oxygen atoms in total. The van der Waals surface area contributed by atoms with Crippen LogP contribution in [0.1, 0.15) is 57.1 Å². The number of ether oxygens (including phenoxy) is 1. The number of urea groups is 1. The number of nitrogens with one attached hydrogen (secondary N) is 2. The molecule has 1 aliphatic carbocycles. The number of hydrogen-bond acceptors (Lipinski definition) is 7. The lowest BCUT2D eigenvalue weighted by atomic mass is 9.96. The number of aromatic nitrogens is 4. The molecule has 0 spiro atoms. The number of anilines is 1. The Morgan fingerprint density at radius 3 is 2.71 bits per heavy atom. The van der Waals surface area contributed by atoms with Crippen LogP contribution in [0, 0.1) is 0 Å². The van der Waals surface area contributed by atoms with Gasteiger partial charge in [0.25, 0.3) is 0 Å². The molecule has 2 aromatic heterocycles. The number of methoxy groups -OCH3 is 1. The van der Waals surface area contributed by atoms with Crippen LogP contribution in [0.25, 0.3) is 5.95 Å². The first-order valence-electron chi connectivity index (χ1n) is 14.2. The van der Waals surface area contributed by atoms with E-state index in [0.717, 1.165) is 31.2 Å². The van der Waals surface area contributed by atoms with Crippen molar-refractivity contribution in [2.75, 3.05) is 31.6 Å². The lowest BCUT2D eigenvalue weighted by Gasteiger charge is -2.42. The molecule has 3 heterocycles. The standard InChI is InChI=1S/C29H37ClN8O3/c1-20(21-8-9-25(41-2)24(30)16-21)33-27(39)17-23-18-36(29(40)34-22-6-4-3-5-7-22)14-15-38(23)26-10-11-32-28(35-26)37-13-12-31-19-37/h8-13,16,19-20,22-23H,3-7,14-15,17-18H2,1-2H3,(H,33,39)(H,34,40). The van der Waals surface area contributed by atoms with Gasteiger partial charge in [-0.25, -0.2) is 14.8 Å². The normalized spacial score (nSPS) is 18.6. The van der Waals surface area contributed by atoms with Crippen molar-refractivity contribution in [2.24, 2.45) is 0 Å². The summed E-state index contributed by atoms with van der Waals surface area (Å²) in [6.45, 7) is 3.39. The van der Waals surface area contributed by atoms with Gasteiger partial charge in [-0.2, -0.15) is 4.98 Å². The quantitative estimate of drug-likeness (QED) is 0.411. The van der Waals surface area contributed by atoms with E-state index in [1.54, 1.807) is 48.7 Å². The minimum atomic E-state index is -0.280. The predicted molar refractivity (Wildman–Crippen MR) is 156 cm³/mol. The van der Waals surface area contributed by atoms with Crippen LogP contribution >= 0.6 is 11.6 Å². The van der Waals surface area contributed by atoms with Gasteiger partial charge in [-0.05, 0) is 43.5 Å². The number of nitrogens with zero attached hydrogens (tertiary/aromatic N) is 6. The van der Waals surface area contributed by atoms with Gasteiger partial charge in [0.15, 0.2) is 0 Å². The molecule has 2 fully saturated rings. The lowest BCUT2D eigenvalue weighted by molar-refractivity contribution is -0.122. The Morgan fingerprint density at radius 1 is 1.15 bits per heavy atom. The van der Waals surface area contributed by atoms with Crippen LogP contribution in [0.2, 0.25) is 5.02 Å². The second kappa shape index (κ2) is 13.2. The van der Waals surface area contributed by atoms with Crippen molar-refractivity contribution in [3.8, 4) is 11.7 Å². The second-order valence-corrected chi connectivity index (χ2v) is 11.1. The Bertz CT molecular complexity index is 1330. The van der Waals surface area contributed by atoms with Crippen molar-refractivity contribution in [3.05, 3.63) is 59.8 Å². The van der Waals surface area contributed by atoms with Gasteiger partial charge in [0.2, 0.25) is 11.9 Å². The highest BCUT2D eigenvalue weighted by atomic mass is 35.5. The molecule has 1 saturated heterocycles. The number of hydrogen-bond donors (Lipinski definition) is 2. The summed E-state index contributed by atoms with van der Waals surface area (Å²) in [7, 11) is 1.57. The maximum Gasteiger partial charge on any atom is 0.317 e. The van der Waals surface area contributed by atoms with E-state index in [-0.39, 0.29) is 36.5 Å². The van der Waals surface area contributed by atoms with Crippen molar-refractivity contribution < 1.29 is 14.3 Å². The first-order valence-corrected chi connectivity index (χ1v) is 14.6. The fraction of sp³-hybridized carbons (Fsp3) is 0.483. The van der Waals surface area contributed by atoms with Gasteiger partial charge in [-0.15, -0.1) is 0 Å². The van der Waals surface area contributed by atoms with Crippen molar-refractivity contribution in [1.82, 2.24) is 35.1 Å². The predicted octanol–water partition coefficient (Wildman–Crippen LogP) is 4.12. The zero-order valence-electron chi connectivity index (χ0n) is 23.5. The summed E-state index contributed by atoms with van der Waals surface area (Å²) in [6, 6.07) is 6.92. The van der Waals surface area contributed by atoms with Crippen LogP contribution in [0.3, 0.4) is 0 Å². The Morgan fingerprint density at radius 2 is 1.98 bits per heavy atom. The van der Waals surface area contributed by atoms with Crippen molar-refractivity contribution in [2.45, 2.75) is 63.6 Å². The zero-order chi connectivity index (χ0) is 28.8. The van der Waals surface area contributed by atoms with Crippen LogP contribution < -0.4 is 20.3 Å². The molecule has 0 radical (unpaired) electrons. The van der Waals surface area contributed by atoms with E-state index in [0.29, 0.717) is 42.2 Å². The third-order valence-corrected chi connectivity index (χ3v) is 8.13. The molecule has 41 heavy (non-hydrogen) atoms. The molecular formula is C29H37ClN8O3. The second-order valence-electron chi connectivity index (χ2n) is 10.6. The number of imidazole rings is 1. The highest BCUT2D eigenvalue weighted by Gasteiger charge is 2.33. The van der Waals surface area contributed by atoms with E-state index in [1.807, 2.05) is 24.0 Å². The maximum atomic E-state index is 13.4. The first kappa shape index (κ1) is 28.7. The van der Waals surface area contributed by atoms with Crippen LogP contribution in [0.5, 0.6) is 5.75 Å². The largest absolute Gasteiger partial charge is 0.495 e. The van der Waals surface area contributed by atoms with E-state index in [1.165, 1.54) is 6.42 Å². The fourth-order valence-corrected chi connectivity index (χ4v) is 5.85. The van der Waals surface area contributed by atoms with E-state index in [4.69, 9.17) is 21.3 Å². The Kier molecular flexibility index (Phi) is 9.23. The van der Waals surface area contributed by atoms with E-state index in [2.05, 4.69) is 25.5 Å². The van der Waals surface area contributed by atoms with Crippen molar-refractivity contribution >= 4 is 29.4 Å². The smallest absolute Gasteiger partial charge is 0.317 e. The number of amides is 3. The first-order chi connectivity index (χ1) is 19.9. The van der Waals surface area contributed by atoms with Crippen molar-refractivity contribution in [1.29, 1.82) is 0 Å². The SMILES string of the molecule is COc1ccc(C(C)NC(=O)CC2CN(C(=O)NC3CCCCC3)CCN2c2ccnc(-n3ccnc3)n2)cc1Cl. The number of carbonyl (C=O) groups excluding carboxylic acids is 2. The number of benzene rings is 1. The molecule has 3 aromatic rings. The van der Waals surface area contributed by atoms with Crippen LogP contribution in [0.15, 0.2) is 49.2 Å². The molecule has 2 unspecified atom stereocenters. The monoisotopic (exact) mass is 580 g/mol. The number of piperazine rings is 1. The Hall–Kier alpha value is -3.86. The molecule has 2 atom stereocenters. The maximum absolute atomic E-state index is 13.4. The molecule has 2 aliphatic rings. The number of rotatable bonds is 8. The van der Waals surface area contributed by atoms with Gasteiger partial charge in [-0.3, -0.25) is 9.36 Å². The molecule has 12 heteroatoms. The summed E-state index contributed by atoms with van der Waals surface area (Å²) in [6.07, 6.45) is 12.5. The van der Waals surface area contributed by atoms with Crippen LogP contribution in [-0.4, -0.2) is 75.2 Å². The molecule has 218 valence electrons. The minimum Gasteiger partial charge on any atom is -0.495 e. The zero-order valence-corrected chi connectivity index (χ0v) is 24.3. The third kappa shape index (κ3) is 7.08. The minimum absolute atomic E-state index is 0.0648. The topological polar surface area (TPSA) is 118 Å². The van der Waals surface area contributed by atoms with Gasteiger partial charge in [0.1, 0.15) is 17.9 Å². The highest BCUT2D eigenvalue weighted by Crippen LogP contribution is 2.28. The summed E-state index contributed by atoms with van der Waals surface area (Å²) in [5.41, 5.74) is 0.874. The third-order valence-electron chi connectivity index (χ3n) is 7.83. The molecule has 0 bridgehead atoms. The van der Waals surface area contributed by atoms with E-state index in [9.17, 15) is 9.59 Å². The Balaban J connectivity index is 1.31. The van der Waals surface area contributed by atoms with Crippen LogP contribution in [-0.2, 0) is 4.79 Å². The van der Waals surface area contributed by atoms with Gasteiger partial charge >= 0.3 is 6.03 Å². The summed E-state index contributed by atoms with van der Waals surface area (Å²) >= 11 is 6.31. The summed E-state index contributed by atoms with van der Waals surface area (Å²) in [5, 5.41) is 6.80. The molecule has 1 aromatic carbocycles. The average Bonchev–Trinajstić information content (AvgIpc) is 3.53. The summed E-state index contributed by atoms with van der Waals surface area (Å²) < 4.78 is 6.98. The van der Waals surface area contributed by atoms with Gasteiger partial charge in [-0.1, -0.05) is 36.9 Å². The van der Waals surface area contributed by atoms with Gasteiger partial charge < -0.3 is 25.2 Å². The molecule has 2 N–H and O–H groups in total. The van der Waals surface area contributed by atoms with E-state index >= 15 is 0 Å². The molecule has 3 amide bonds. The van der Waals surface area contributed by atoms with Gasteiger partial charge in [0, 0.05) is 50.7 Å². The molecule has 1 saturated carbocycles. The molecular weight excluding hydrogens is 544 g/mol. The van der Waals surface area contributed by atoms with Gasteiger partial charge in [0.05, 0.1) is 24.2 Å². The average molecular weight is 581 g/mol. The summed E-state index contributed by atoms with van der Waals surface area (Å²) in [4.78, 5) is 43.7. The summed E-state index contributed by atoms with van der Waals surface area (Å²) in [5.74, 6) is 1.64. The number of halogens is 1. The Labute approximate surface area is 245 Å². The highest BCUT2D eigenvalue weighted by molar-refractivity contribution is 6.32. The van der Waals surface area contributed by atoms with Crippen molar-refractivity contribution in [3.63, 3.8) is 0 Å². The van der Waals surface area contributed by atoms with E-state index < -0.39 is 0 Å². The number of carbonyl (C=O) groups is 2. The molecule has 1 aliphatic heterocycles. The molecule has 5 rings (SSSR count).